The summed E-state index contributed by atoms with van der Waals surface area (Å²) in [5, 5.41) is 3.32. The Morgan fingerprint density at radius 1 is 1.07 bits per heavy atom. The molecule has 0 spiro atoms. The number of hydrogen-bond donors (Lipinski definition) is 1. The smallest absolute Gasteiger partial charge is 0.222 e. The van der Waals surface area contributed by atoms with Crippen molar-refractivity contribution in [1.82, 2.24) is 10.2 Å². The summed E-state index contributed by atoms with van der Waals surface area (Å²) >= 11 is 0. The SMILES string of the molecule is Cl.O=C(c1cc(F)ccc1F)C1CCN(C(=O)CCC2CCNCC2)CC1. The molecule has 150 valence electrons. The van der Waals surface area contributed by atoms with Gasteiger partial charge in [-0.3, -0.25) is 9.59 Å². The Morgan fingerprint density at radius 3 is 2.41 bits per heavy atom. The third kappa shape index (κ3) is 5.72. The van der Waals surface area contributed by atoms with E-state index in [-0.39, 0.29) is 35.6 Å². The molecule has 0 radical (unpaired) electrons. The Labute approximate surface area is 165 Å². The molecule has 1 aromatic rings. The number of ketones is 1. The molecule has 2 aliphatic heterocycles. The molecule has 1 N–H and O–H groups in total. The predicted octanol–water partition coefficient (Wildman–Crippen LogP) is 3.59. The first kappa shape index (κ1) is 21.8. The maximum Gasteiger partial charge on any atom is 0.222 e. The summed E-state index contributed by atoms with van der Waals surface area (Å²) in [4.78, 5) is 26.7. The number of carbonyl (C=O) groups is 2. The summed E-state index contributed by atoms with van der Waals surface area (Å²) < 4.78 is 27.1. The van der Waals surface area contributed by atoms with Crippen LogP contribution in [0.2, 0.25) is 0 Å². The molecule has 0 aromatic heterocycles. The average molecular weight is 401 g/mol. The summed E-state index contributed by atoms with van der Waals surface area (Å²) in [7, 11) is 0. The first-order valence-electron chi connectivity index (χ1n) is 9.52. The van der Waals surface area contributed by atoms with Gasteiger partial charge in [0.15, 0.2) is 5.78 Å². The fourth-order valence-corrected chi connectivity index (χ4v) is 3.95. The van der Waals surface area contributed by atoms with E-state index in [1.807, 2.05) is 4.90 Å². The van der Waals surface area contributed by atoms with Crippen molar-refractivity contribution in [3.8, 4) is 0 Å². The lowest BCUT2D eigenvalue weighted by Gasteiger charge is -2.32. The van der Waals surface area contributed by atoms with Crippen molar-refractivity contribution in [1.29, 1.82) is 0 Å². The van der Waals surface area contributed by atoms with E-state index < -0.39 is 11.6 Å². The van der Waals surface area contributed by atoms with Gasteiger partial charge in [0.05, 0.1) is 5.56 Å². The van der Waals surface area contributed by atoms with Gasteiger partial charge in [0, 0.05) is 25.4 Å². The second kappa shape index (κ2) is 10.1. The van der Waals surface area contributed by atoms with Crippen LogP contribution in [-0.4, -0.2) is 42.8 Å². The fraction of sp³-hybridized carbons (Fsp3) is 0.600. The zero-order valence-electron chi connectivity index (χ0n) is 15.4. The Morgan fingerprint density at radius 2 is 1.74 bits per heavy atom. The largest absolute Gasteiger partial charge is 0.343 e. The van der Waals surface area contributed by atoms with Crippen LogP contribution in [0.4, 0.5) is 8.78 Å². The van der Waals surface area contributed by atoms with Gasteiger partial charge in [0.2, 0.25) is 5.91 Å². The van der Waals surface area contributed by atoms with Crippen molar-refractivity contribution in [3.05, 3.63) is 35.4 Å². The van der Waals surface area contributed by atoms with E-state index in [1.54, 1.807) is 0 Å². The summed E-state index contributed by atoms with van der Waals surface area (Å²) in [6.07, 6.45) is 4.75. The second-order valence-electron chi connectivity index (χ2n) is 7.38. The highest BCUT2D eigenvalue weighted by molar-refractivity contribution is 5.98. The third-order valence-electron chi connectivity index (χ3n) is 5.64. The summed E-state index contributed by atoms with van der Waals surface area (Å²) in [6.45, 7) is 3.09. The van der Waals surface area contributed by atoms with Crippen LogP contribution in [0.25, 0.3) is 0 Å². The van der Waals surface area contributed by atoms with Crippen molar-refractivity contribution in [3.63, 3.8) is 0 Å². The van der Waals surface area contributed by atoms with Gasteiger partial charge in [-0.1, -0.05) is 0 Å². The van der Waals surface area contributed by atoms with Gasteiger partial charge >= 0.3 is 0 Å². The lowest BCUT2D eigenvalue weighted by molar-refractivity contribution is -0.132. The Hall–Kier alpha value is -1.53. The van der Waals surface area contributed by atoms with Crippen molar-refractivity contribution < 1.29 is 18.4 Å². The van der Waals surface area contributed by atoms with E-state index in [2.05, 4.69) is 5.32 Å². The zero-order valence-corrected chi connectivity index (χ0v) is 16.2. The summed E-state index contributed by atoms with van der Waals surface area (Å²) in [5.74, 6) is -1.23. The van der Waals surface area contributed by atoms with E-state index in [9.17, 15) is 18.4 Å². The topological polar surface area (TPSA) is 49.4 Å². The molecule has 7 heteroatoms. The lowest BCUT2D eigenvalue weighted by atomic mass is 9.88. The molecular formula is C20H27ClF2N2O2. The monoisotopic (exact) mass is 400 g/mol. The molecule has 4 nitrogen and oxygen atoms in total. The van der Waals surface area contributed by atoms with Gasteiger partial charge in [-0.05, 0) is 69.3 Å². The molecule has 0 unspecified atom stereocenters. The zero-order chi connectivity index (χ0) is 18.5. The van der Waals surface area contributed by atoms with Crippen LogP contribution in [0.3, 0.4) is 0 Å². The number of halogens is 3. The number of carbonyl (C=O) groups excluding carboxylic acids is 2. The number of amides is 1. The first-order chi connectivity index (χ1) is 12.5. The molecule has 0 bridgehead atoms. The molecule has 0 aliphatic carbocycles. The molecule has 2 heterocycles. The van der Waals surface area contributed by atoms with E-state index >= 15 is 0 Å². The van der Waals surface area contributed by atoms with Crippen LogP contribution in [0.1, 0.15) is 48.9 Å². The van der Waals surface area contributed by atoms with Crippen LogP contribution >= 0.6 is 12.4 Å². The van der Waals surface area contributed by atoms with Crippen molar-refractivity contribution in [2.75, 3.05) is 26.2 Å². The maximum atomic E-state index is 13.8. The van der Waals surface area contributed by atoms with E-state index in [0.717, 1.165) is 50.6 Å². The van der Waals surface area contributed by atoms with Crippen molar-refractivity contribution in [2.45, 2.75) is 38.5 Å². The van der Waals surface area contributed by atoms with Crippen molar-refractivity contribution >= 4 is 24.1 Å². The van der Waals surface area contributed by atoms with Crippen LogP contribution in [0.15, 0.2) is 18.2 Å². The van der Waals surface area contributed by atoms with Gasteiger partial charge in [-0.15, -0.1) is 12.4 Å². The number of hydrogen-bond acceptors (Lipinski definition) is 3. The highest BCUT2D eigenvalue weighted by Crippen LogP contribution is 2.25. The van der Waals surface area contributed by atoms with E-state index in [1.165, 1.54) is 0 Å². The number of rotatable bonds is 5. The Bertz CT molecular complexity index is 657. The second-order valence-corrected chi connectivity index (χ2v) is 7.38. The number of likely N-dealkylation sites (tertiary alicyclic amines) is 1. The standard InChI is InChI=1S/C20H26F2N2O2.ClH/c21-16-2-3-18(22)17(13-16)20(26)15-7-11-24(12-8-15)19(25)4-1-14-5-9-23-10-6-14;/h2-3,13-15,23H,1,4-12H2;1H. The minimum Gasteiger partial charge on any atom is -0.343 e. The van der Waals surface area contributed by atoms with Crippen molar-refractivity contribution in [2.24, 2.45) is 11.8 Å². The number of benzene rings is 1. The molecule has 2 fully saturated rings. The summed E-state index contributed by atoms with van der Waals surface area (Å²) in [5.41, 5.74) is -0.180. The quantitative estimate of drug-likeness (QED) is 0.768. The predicted molar refractivity (Wildman–Crippen MR) is 102 cm³/mol. The molecule has 0 saturated carbocycles. The van der Waals surface area contributed by atoms with E-state index in [0.29, 0.717) is 38.3 Å². The number of piperidine rings is 2. The molecule has 2 aliphatic rings. The molecule has 3 rings (SSSR count). The molecule has 0 atom stereocenters. The highest BCUT2D eigenvalue weighted by atomic mass is 35.5. The minimum atomic E-state index is -0.683. The van der Waals surface area contributed by atoms with E-state index in [4.69, 9.17) is 0 Å². The van der Waals surface area contributed by atoms with Crippen LogP contribution in [0, 0.1) is 23.5 Å². The lowest BCUT2D eigenvalue weighted by Crippen LogP contribution is -2.40. The molecule has 27 heavy (non-hydrogen) atoms. The van der Waals surface area contributed by atoms with Gasteiger partial charge in [-0.25, -0.2) is 8.78 Å². The molecular weight excluding hydrogens is 374 g/mol. The number of nitrogens with zero attached hydrogens (tertiary/aromatic N) is 1. The van der Waals surface area contributed by atoms with Crippen LogP contribution in [-0.2, 0) is 4.79 Å². The third-order valence-corrected chi connectivity index (χ3v) is 5.64. The molecule has 2 saturated heterocycles. The van der Waals surface area contributed by atoms with Crippen LogP contribution in [0.5, 0.6) is 0 Å². The highest BCUT2D eigenvalue weighted by Gasteiger charge is 2.29. The van der Waals surface area contributed by atoms with Gasteiger partial charge < -0.3 is 10.2 Å². The van der Waals surface area contributed by atoms with Gasteiger partial charge in [0.25, 0.3) is 0 Å². The normalized spacial score (nSPS) is 18.8. The van der Waals surface area contributed by atoms with Crippen LogP contribution < -0.4 is 5.32 Å². The summed E-state index contributed by atoms with van der Waals surface area (Å²) in [6, 6.07) is 2.96. The number of nitrogens with one attached hydrogen (secondary N) is 1. The maximum absolute atomic E-state index is 13.8. The fourth-order valence-electron chi connectivity index (χ4n) is 3.95. The molecule has 1 amide bonds. The Kier molecular flexibility index (Phi) is 8.17. The first-order valence-corrected chi connectivity index (χ1v) is 9.52. The minimum absolute atomic E-state index is 0. The average Bonchev–Trinajstić information content (AvgIpc) is 2.68. The molecule has 1 aromatic carbocycles. The van der Waals surface area contributed by atoms with Gasteiger partial charge in [0.1, 0.15) is 11.6 Å². The number of Topliss-reactive ketones (excluding diaryl/α,β-unsaturated/α-hetero) is 1. The Balaban J connectivity index is 0.00000261. The van der Waals surface area contributed by atoms with Gasteiger partial charge in [-0.2, -0.15) is 0 Å².